The van der Waals surface area contributed by atoms with Gasteiger partial charge in [0.25, 0.3) is 5.91 Å². The first-order chi connectivity index (χ1) is 15.9. The minimum Gasteiger partial charge on any atom is -0.496 e. The predicted octanol–water partition coefficient (Wildman–Crippen LogP) is 4.86. The van der Waals surface area contributed by atoms with E-state index < -0.39 is 17.7 Å². The number of amides is 2. The molecule has 1 aliphatic rings. The van der Waals surface area contributed by atoms with Crippen LogP contribution in [0.25, 0.3) is 10.8 Å². The topological polar surface area (TPSA) is 58.6 Å². The van der Waals surface area contributed by atoms with Crippen LogP contribution >= 0.6 is 0 Å². The Balaban J connectivity index is 1.48. The number of halogens is 2. The number of benzene rings is 3. The van der Waals surface area contributed by atoms with Crippen LogP contribution in [-0.2, 0) is 4.79 Å². The summed E-state index contributed by atoms with van der Waals surface area (Å²) < 4.78 is 32.2. The van der Waals surface area contributed by atoms with Crippen molar-refractivity contribution < 1.29 is 23.1 Å². The van der Waals surface area contributed by atoms with E-state index in [1.807, 2.05) is 24.3 Å². The number of hydrogen-bond acceptors (Lipinski definition) is 3. The molecule has 0 spiro atoms. The molecule has 2 amide bonds. The number of methoxy groups -OCH3 is 1. The number of ether oxygens (including phenoxy) is 1. The van der Waals surface area contributed by atoms with Crippen LogP contribution < -0.4 is 10.1 Å². The van der Waals surface area contributed by atoms with Crippen molar-refractivity contribution in [3.63, 3.8) is 0 Å². The maximum Gasteiger partial charge on any atom is 0.254 e. The lowest BCUT2D eigenvalue weighted by Gasteiger charge is -2.33. The van der Waals surface area contributed by atoms with Gasteiger partial charge in [0.05, 0.1) is 19.1 Å². The van der Waals surface area contributed by atoms with E-state index in [9.17, 15) is 18.4 Å². The van der Waals surface area contributed by atoms with Gasteiger partial charge < -0.3 is 15.0 Å². The van der Waals surface area contributed by atoms with Gasteiger partial charge in [-0.3, -0.25) is 9.59 Å². The Hall–Kier alpha value is -3.48. The number of nitrogens with zero attached hydrogens (tertiary/aromatic N) is 1. The Morgan fingerprint density at radius 1 is 1.06 bits per heavy atom. The Labute approximate surface area is 191 Å². The smallest absolute Gasteiger partial charge is 0.254 e. The highest BCUT2D eigenvalue weighted by Crippen LogP contribution is 2.30. The molecule has 4 rings (SSSR count). The van der Waals surface area contributed by atoms with Crippen LogP contribution in [-0.4, -0.2) is 36.9 Å². The lowest BCUT2D eigenvalue weighted by Crippen LogP contribution is -2.45. The summed E-state index contributed by atoms with van der Waals surface area (Å²) in [6.45, 7) is 2.59. The molecule has 0 radical (unpaired) electrons. The third-order valence-corrected chi connectivity index (χ3v) is 6.22. The molecule has 0 aromatic heterocycles. The van der Waals surface area contributed by atoms with Gasteiger partial charge >= 0.3 is 0 Å². The van der Waals surface area contributed by atoms with E-state index in [1.54, 1.807) is 31.1 Å². The van der Waals surface area contributed by atoms with E-state index in [-0.39, 0.29) is 17.7 Å². The van der Waals surface area contributed by atoms with Crippen molar-refractivity contribution in [2.75, 3.05) is 20.2 Å². The highest BCUT2D eigenvalue weighted by Gasteiger charge is 2.30. The Morgan fingerprint density at radius 3 is 2.55 bits per heavy atom. The molecule has 172 valence electrons. The zero-order chi connectivity index (χ0) is 23.5. The summed E-state index contributed by atoms with van der Waals surface area (Å²) >= 11 is 0. The number of nitrogens with one attached hydrogen (secondary N) is 1. The first-order valence-corrected chi connectivity index (χ1v) is 11.0. The number of likely N-dealkylation sites (tertiary alicyclic amines) is 1. The minimum absolute atomic E-state index is 0.125. The van der Waals surface area contributed by atoms with Gasteiger partial charge in [-0.05, 0) is 55.0 Å². The van der Waals surface area contributed by atoms with E-state index in [2.05, 4.69) is 5.32 Å². The van der Waals surface area contributed by atoms with Crippen LogP contribution in [0.2, 0.25) is 0 Å². The number of carbonyl (C=O) groups is 2. The third kappa shape index (κ3) is 4.67. The molecular weight excluding hydrogens is 426 g/mol. The van der Waals surface area contributed by atoms with E-state index in [4.69, 9.17) is 4.74 Å². The van der Waals surface area contributed by atoms with Gasteiger partial charge in [0, 0.05) is 24.0 Å². The third-order valence-electron chi connectivity index (χ3n) is 6.22. The summed E-state index contributed by atoms with van der Waals surface area (Å²) in [4.78, 5) is 28.0. The van der Waals surface area contributed by atoms with E-state index in [1.165, 1.54) is 6.07 Å². The molecule has 5 nitrogen and oxygen atoms in total. The lowest BCUT2D eigenvalue weighted by atomic mass is 9.95. The van der Waals surface area contributed by atoms with Crippen molar-refractivity contribution in [1.29, 1.82) is 0 Å². The Bertz CT molecular complexity index is 1200. The van der Waals surface area contributed by atoms with Gasteiger partial charge in [0.2, 0.25) is 5.91 Å². The molecule has 1 saturated heterocycles. The summed E-state index contributed by atoms with van der Waals surface area (Å²) in [5, 5.41) is 4.54. The highest BCUT2D eigenvalue weighted by molar-refractivity contribution is 6.08. The van der Waals surface area contributed by atoms with E-state index in [0.717, 1.165) is 22.9 Å². The fourth-order valence-electron chi connectivity index (χ4n) is 4.38. The SMILES string of the molecule is COc1ccc(C(=O)N2CCC[C@@H](C(=O)N[C@@H](C)c3ccc(F)c(F)c3)C2)c2ccccc12. The van der Waals surface area contributed by atoms with E-state index in [0.29, 0.717) is 42.8 Å². The summed E-state index contributed by atoms with van der Waals surface area (Å²) in [6, 6.07) is 14.2. The van der Waals surface area contributed by atoms with Gasteiger partial charge in [-0.2, -0.15) is 0 Å². The van der Waals surface area contributed by atoms with Crippen LogP contribution in [0.15, 0.2) is 54.6 Å². The predicted molar refractivity (Wildman–Crippen MR) is 122 cm³/mol. The molecule has 0 aliphatic carbocycles. The second-order valence-corrected chi connectivity index (χ2v) is 8.36. The summed E-state index contributed by atoms with van der Waals surface area (Å²) in [5.74, 6) is -1.88. The second kappa shape index (κ2) is 9.57. The fraction of sp³-hybridized carbons (Fsp3) is 0.308. The van der Waals surface area contributed by atoms with Crippen molar-refractivity contribution in [2.24, 2.45) is 5.92 Å². The maximum atomic E-state index is 13.6. The number of piperidine rings is 1. The lowest BCUT2D eigenvalue weighted by molar-refractivity contribution is -0.127. The zero-order valence-corrected chi connectivity index (χ0v) is 18.6. The molecule has 3 aromatic carbocycles. The van der Waals surface area contributed by atoms with Crippen LogP contribution in [0, 0.1) is 17.6 Å². The number of rotatable bonds is 5. The Kier molecular flexibility index (Phi) is 6.58. The first-order valence-electron chi connectivity index (χ1n) is 11.0. The molecule has 1 fully saturated rings. The van der Waals surface area contributed by atoms with Crippen LogP contribution in [0.3, 0.4) is 0 Å². The average molecular weight is 453 g/mol. The molecule has 1 aliphatic heterocycles. The maximum absolute atomic E-state index is 13.6. The van der Waals surface area contributed by atoms with Crippen LogP contribution in [0.1, 0.15) is 41.7 Å². The van der Waals surface area contributed by atoms with Gasteiger partial charge in [-0.1, -0.05) is 30.3 Å². The van der Waals surface area contributed by atoms with Gasteiger partial charge in [-0.15, -0.1) is 0 Å². The van der Waals surface area contributed by atoms with Gasteiger partial charge in [0.15, 0.2) is 11.6 Å². The number of fused-ring (bicyclic) bond motifs is 1. The molecule has 7 heteroatoms. The molecule has 1 N–H and O–H groups in total. The first kappa shape index (κ1) is 22.7. The number of carbonyl (C=O) groups excluding carboxylic acids is 2. The zero-order valence-electron chi connectivity index (χ0n) is 18.6. The largest absolute Gasteiger partial charge is 0.496 e. The molecule has 2 atom stereocenters. The van der Waals surface area contributed by atoms with Crippen LogP contribution in [0.4, 0.5) is 8.78 Å². The monoisotopic (exact) mass is 452 g/mol. The van der Waals surface area contributed by atoms with Crippen molar-refractivity contribution in [1.82, 2.24) is 10.2 Å². The summed E-state index contributed by atoms with van der Waals surface area (Å²) in [5.41, 5.74) is 1.05. The molecular formula is C26H26F2N2O3. The Morgan fingerprint density at radius 2 is 1.82 bits per heavy atom. The van der Waals surface area contributed by atoms with Gasteiger partial charge in [0.1, 0.15) is 5.75 Å². The van der Waals surface area contributed by atoms with Crippen molar-refractivity contribution in [3.8, 4) is 5.75 Å². The average Bonchev–Trinajstić information content (AvgIpc) is 2.84. The molecule has 0 saturated carbocycles. The highest BCUT2D eigenvalue weighted by atomic mass is 19.2. The van der Waals surface area contributed by atoms with Gasteiger partial charge in [-0.25, -0.2) is 8.78 Å². The van der Waals surface area contributed by atoms with Crippen molar-refractivity contribution >= 4 is 22.6 Å². The van der Waals surface area contributed by atoms with Crippen LogP contribution in [0.5, 0.6) is 5.75 Å². The summed E-state index contributed by atoms with van der Waals surface area (Å²) in [7, 11) is 1.60. The molecule has 0 bridgehead atoms. The normalized spacial score (nSPS) is 17.0. The van der Waals surface area contributed by atoms with E-state index >= 15 is 0 Å². The summed E-state index contributed by atoms with van der Waals surface area (Å²) in [6.07, 6.45) is 1.36. The molecule has 3 aromatic rings. The fourth-order valence-corrected chi connectivity index (χ4v) is 4.38. The molecule has 33 heavy (non-hydrogen) atoms. The molecule has 1 heterocycles. The second-order valence-electron chi connectivity index (χ2n) is 8.36. The number of hydrogen-bond donors (Lipinski definition) is 1. The molecule has 0 unspecified atom stereocenters. The minimum atomic E-state index is -0.949. The quantitative estimate of drug-likeness (QED) is 0.602. The standard InChI is InChI=1S/C26H26F2N2O3/c1-16(17-9-11-22(27)23(28)14-17)29-25(31)18-6-5-13-30(15-18)26(32)21-10-12-24(33-2)20-8-4-3-7-19(20)21/h3-4,7-12,14,16,18H,5-6,13,15H2,1-2H3,(H,29,31)/t16-,18+/m0/s1. The van der Waals surface area contributed by atoms with Crippen molar-refractivity contribution in [3.05, 3.63) is 77.4 Å². The van der Waals surface area contributed by atoms with Crippen molar-refractivity contribution in [2.45, 2.75) is 25.8 Å².